The fourth-order valence-corrected chi connectivity index (χ4v) is 0.897. The lowest BCUT2D eigenvalue weighted by Gasteiger charge is -2.02. The minimum Gasteiger partial charge on any atom is -0.457 e. The molecule has 0 bridgehead atoms. The summed E-state index contributed by atoms with van der Waals surface area (Å²) in [5.74, 6) is 0.828. The lowest BCUT2D eigenvalue weighted by atomic mass is 10.1. The number of benzene rings is 1. The van der Waals surface area contributed by atoms with Crippen molar-refractivity contribution in [1.29, 1.82) is 0 Å². The second-order valence-electron chi connectivity index (χ2n) is 2.69. The Kier molecular flexibility index (Phi) is 2.73. The lowest BCUT2D eigenvalue weighted by molar-refractivity contribution is 0.482. The summed E-state index contributed by atoms with van der Waals surface area (Å²) in [4.78, 5) is 0. The topological polar surface area (TPSA) is 9.23 Å². The van der Waals surface area contributed by atoms with Gasteiger partial charge < -0.3 is 4.74 Å². The molecule has 0 N–H and O–H groups in total. The molecular weight excluding hydrogens is 148 g/mol. The van der Waals surface area contributed by atoms with Gasteiger partial charge in [-0.2, -0.15) is 0 Å². The van der Waals surface area contributed by atoms with Crippen LogP contribution >= 0.6 is 0 Å². The molecule has 0 aliphatic heterocycles. The van der Waals surface area contributed by atoms with Crippen molar-refractivity contribution >= 4 is 0 Å². The molecule has 0 spiro atoms. The van der Waals surface area contributed by atoms with Gasteiger partial charge in [0.05, 0.1) is 0 Å². The Morgan fingerprint density at radius 3 is 2.67 bits per heavy atom. The average molecular weight is 160 g/mol. The second kappa shape index (κ2) is 3.80. The normalized spacial score (nSPS) is 8.83. The van der Waals surface area contributed by atoms with Crippen molar-refractivity contribution < 1.29 is 4.74 Å². The molecule has 1 aromatic rings. The molecule has 0 unspecified atom stereocenters. The van der Waals surface area contributed by atoms with Gasteiger partial charge in [0.15, 0.2) is 0 Å². The van der Waals surface area contributed by atoms with Crippen LogP contribution in [0.5, 0.6) is 5.75 Å². The molecule has 0 radical (unpaired) electrons. The molecule has 12 heavy (non-hydrogen) atoms. The van der Waals surface area contributed by atoms with Crippen molar-refractivity contribution in [1.82, 2.24) is 0 Å². The maximum atomic E-state index is 5.19. The molecule has 1 nitrogen and oxygen atoms in total. The van der Waals surface area contributed by atoms with Crippen molar-refractivity contribution in [2.24, 2.45) is 0 Å². The van der Waals surface area contributed by atoms with E-state index in [2.05, 4.69) is 26.2 Å². The fourth-order valence-electron chi connectivity index (χ4n) is 0.897. The Hall–Kier alpha value is -1.46. The van der Waals surface area contributed by atoms with Crippen molar-refractivity contribution in [2.45, 2.75) is 13.8 Å². The Morgan fingerprint density at radius 1 is 1.33 bits per heavy atom. The number of ether oxygens (including phenoxy) is 1. The van der Waals surface area contributed by atoms with Gasteiger partial charge in [-0.1, -0.05) is 18.4 Å². The highest BCUT2D eigenvalue weighted by Gasteiger charge is 1.94. The number of hydrogen-bond acceptors (Lipinski definition) is 1. The van der Waals surface area contributed by atoms with E-state index in [1.54, 1.807) is 0 Å². The number of hydrogen-bond donors (Lipinski definition) is 0. The van der Waals surface area contributed by atoms with Gasteiger partial charge in [0, 0.05) is 0 Å². The summed E-state index contributed by atoms with van der Waals surface area (Å²) in [5, 5.41) is 0. The molecule has 0 aliphatic rings. The molecule has 0 atom stereocenters. The summed E-state index contributed by atoms with van der Waals surface area (Å²) in [7, 11) is 0. The van der Waals surface area contributed by atoms with E-state index in [9.17, 15) is 0 Å². The minimum atomic E-state index is 0.828. The molecule has 0 saturated heterocycles. The maximum absolute atomic E-state index is 5.19. The summed E-state index contributed by atoms with van der Waals surface area (Å²) >= 11 is 0. The third-order valence-electron chi connectivity index (χ3n) is 1.76. The van der Waals surface area contributed by atoms with E-state index in [1.165, 1.54) is 17.4 Å². The van der Waals surface area contributed by atoms with Gasteiger partial charge in [0.25, 0.3) is 0 Å². The van der Waals surface area contributed by atoms with E-state index < -0.39 is 0 Å². The zero-order valence-electron chi connectivity index (χ0n) is 7.42. The zero-order valence-corrected chi connectivity index (χ0v) is 7.42. The maximum Gasteiger partial charge on any atom is 0.133 e. The van der Waals surface area contributed by atoms with Gasteiger partial charge in [-0.25, -0.2) is 0 Å². The minimum absolute atomic E-state index is 0.828. The standard InChI is InChI=1S/C11H12O/c1-4-7-12-11-6-5-9(2)10(3)8-11/h5-8H,1H2,2-3H3. The number of aryl methyl sites for hydroxylation is 2. The van der Waals surface area contributed by atoms with Crippen molar-refractivity contribution in [3.8, 4) is 5.75 Å². The third-order valence-corrected chi connectivity index (χ3v) is 1.76. The predicted molar refractivity (Wildman–Crippen MR) is 50.3 cm³/mol. The summed E-state index contributed by atoms with van der Waals surface area (Å²) < 4.78 is 5.19. The van der Waals surface area contributed by atoms with Crippen LogP contribution < -0.4 is 4.74 Å². The van der Waals surface area contributed by atoms with E-state index in [1.807, 2.05) is 18.2 Å². The fraction of sp³-hybridized carbons (Fsp3) is 0.182. The van der Waals surface area contributed by atoms with Crippen molar-refractivity contribution in [2.75, 3.05) is 0 Å². The summed E-state index contributed by atoms with van der Waals surface area (Å²) in [5.41, 5.74) is 5.05. The molecule has 1 aromatic carbocycles. The largest absolute Gasteiger partial charge is 0.457 e. The highest BCUT2D eigenvalue weighted by atomic mass is 16.5. The van der Waals surface area contributed by atoms with Crippen LogP contribution in [0.25, 0.3) is 0 Å². The lowest BCUT2D eigenvalue weighted by Crippen LogP contribution is -1.84. The van der Waals surface area contributed by atoms with E-state index in [0.717, 1.165) is 5.75 Å². The molecule has 1 heteroatoms. The zero-order chi connectivity index (χ0) is 8.97. The highest BCUT2D eigenvalue weighted by molar-refractivity contribution is 5.34. The Balaban J connectivity index is 2.89. The number of rotatable bonds is 2. The summed E-state index contributed by atoms with van der Waals surface area (Å²) in [6.45, 7) is 7.54. The molecule has 0 fully saturated rings. The van der Waals surface area contributed by atoms with Gasteiger partial charge in [-0.3, -0.25) is 0 Å². The second-order valence-corrected chi connectivity index (χ2v) is 2.69. The van der Waals surface area contributed by atoms with Crippen molar-refractivity contribution in [3.05, 3.63) is 47.9 Å². The van der Waals surface area contributed by atoms with E-state index in [-0.39, 0.29) is 0 Å². The van der Waals surface area contributed by atoms with Crippen LogP contribution in [0.3, 0.4) is 0 Å². The van der Waals surface area contributed by atoms with Crippen LogP contribution in [-0.4, -0.2) is 0 Å². The van der Waals surface area contributed by atoms with Gasteiger partial charge in [-0.15, -0.1) is 0 Å². The van der Waals surface area contributed by atoms with Crippen LogP contribution in [0.1, 0.15) is 11.1 Å². The first-order chi connectivity index (χ1) is 5.74. The summed E-state index contributed by atoms with van der Waals surface area (Å²) in [6, 6.07) is 5.95. The van der Waals surface area contributed by atoms with Crippen molar-refractivity contribution in [3.63, 3.8) is 0 Å². The third kappa shape index (κ3) is 2.01. The molecular formula is C11H12O. The first kappa shape index (κ1) is 8.63. The molecule has 0 aliphatic carbocycles. The Morgan fingerprint density at radius 2 is 2.08 bits per heavy atom. The molecule has 0 aromatic heterocycles. The van der Waals surface area contributed by atoms with Gasteiger partial charge >= 0.3 is 0 Å². The molecule has 1 rings (SSSR count). The smallest absolute Gasteiger partial charge is 0.133 e. The first-order valence-electron chi connectivity index (χ1n) is 3.82. The molecule has 0 saturated carbocycles. The van der Waals surface area contributed by atoms with Crippen LogP contribution in [-0.2, 0) is 0 Å². The van der Waals surface area contributed by atoms with Crippen LogP contribution in [0.2, 0.25) is 0 Å². The van der Waals surface area contributed by atoms with Crippen LogP contribution in [0, 0.1) is 13.8 Å². The summed E-state index contributed by atoms with van der Waals surface area (Å²) in [6.07, 6.45) is 1.45. The monoisotopic (exact) mass is 160 g/mol. The van der Waals surface area contributed by atoms with Crippen LogP contribution in [0.15, 0.2) is 36.8 Å². The van der Waals surface area contributed by atoms with Gasteiger partial charge in [0.1, 0.15) is 12.0 Å². The SMILES string of the molecule is C=C=COc1ccc(C)c(C)c1. The average Bonchev–Trinajstić information content (AvgIpc) is 2.07. The molecule has 0 amide bonds. The van der Waals surface area contributed by atoms with E-state index >= 15 is 0 Å². The molecule has 62 valence electrons. The van der Waals surface area contributed by atoms with Gasteiger partial charge in [-0.05, 0) is 37.1 Å². The van der Waals surface area contributed by atoms with Crippen LogP contribution in [0.4, 0.5) is 0 Å². The molecule has 0 heterocycles. The quantitative estimate of drug-likeness (QED) is 0.477. The first-order valence-corrected chi connectivity index (χ1v) is 3.82. The highest BCUT2D eigenvalue weighted by Crippen LogP contribution is 2.16. The Bertz CT molecular complexity index is 320. The van der Waals surface area contributed by atoms with Gasteiger partial charge in [0.2, 0.25) is 0 Å². The predicted octanol–water partition coefficient (Wildman–Crippen LogP) is 2.98. The van der Waals surface area contributed by atoms with E-state index in [4.69, 9.17) is 4.74 Å². The Labute approximate surface area is 73.0 Å². The van der Waals surface area contributed by atoms with E-state index in [0.29, 0.717) is 0 Å².